The highest BCUT2D eigenvalue weighted by molar-refractivity contribution is 5.86. The molecule has 0 bridgehead atoms. The number of halogens is 1. The van der Waals surface area contributed by atoms with E-state index in [0.29, 0.717) is 17.5 Å². The molecule has 3 rings (SSSR count). The standard InChI is InChI=1S/C23H25FN2O2/c1-2-22(27)25-14-16-10-11-19(21(24)12-16)15-26-23(28)13-18-8-5-7-17-6-3-4-9-20(17)18/h2-4,6,9-12,18H,1,5,7-8,13-15H2,(H,25,27)(H,26,28). The molecule has 146 valence electrons. The Morgan fingerprint density at radius 2 is 1.96 bits per heavy atom. The molecule has 28 heavy (non-hydrogen) atoms. The number of benzene rings is 2. The number of hydrogen-bond acceptors (Lipinski definition) is 2. The molecule has 5 heteroatoms. The summed E-state index contributed by atoms with van der Waals surface area (Å²) in [6, 6.07) is 13.1. The highest BCUT2D eigenvalue weighted by atomic mass is 19.1. The van der Waals surface area contributed by atoms with Gasteiger partial charge in [0.25, 0.3) is 0 Å². The fourth-order valence-electron chi connectivity index (χ4n) is 3.66. The van der Waals surface area contributed by atoms with Gasteiger partial charge in [0, 0.05) is 25.1 Å². The summed E-state index contributed by atoms with van der Waals surface area (Å²) in [5, 5.41) is 5.44. The zero-order valence-corrected chi connectivity index (χ0v) is 15.8. The van der Waals surface area contributed by atoms with E-state index in [2.05, 4.69) is 29.3 Å². The van der Waals surface area contributed by atoms with E-state index in [-0.39, 0.29) is 30.8 Å². The first kappa shape index (κ1) is 19.8. The van der Waals surface area contributed by atoms with Crippen molar-refractivity contribution >= 4 is 11.8 Å². The van der Waals surface area contributed by atoms with E-state index in [1.165, 1.54) is 23.3 Å². The Kier molecular flexibility index (Phi) is 6.58. The highest BCUT2D eigenvalue weighted by Gasteiger charge is 2.22. The molecule has 1 aliphatic rings. The lowest BCUT2D eigenvalue weighted by molar-refractivity contribution is -0.121. The highest BCUT2D eigenvalue weighted by Crippen LogP contribution is 2.33. The summed E-state index contributed by atoms with van der Waals surface area (Å²) >= 11 is 0. The SMILES string of the molecule is C=CC(=O)NCc1ccc(CNC(=O)CC2CCCc3ccccc32)c(F)c1. The van der Waals surface area contributed by atoms with Gasteiger partial charge in [-0.15, -0.1) is 0 Å². The van der Waals surface area contributed by atoms with Crippen molar-refractivity contribution in [3.63, 3.8) is 0 Å². The Morgan fingerprint density at radius 1 is 1.14 bits per heavy atom. The number of rotatable bonds is 7. The van der Waals surface area contributed by atoms with Crippen LogP contribution in [0.4, 0.5) is 4.39 Å². The molecule has 1 atom stereocenters. The largest absolute Gasteiger partial charge is 0.352 e. The molecular weight excluding hydrogens is 355 g/mol. The van der Waals surface area contributed by atoms with Crippen LogP contribution in [-0.2, 0) is 29.1 Å². The number of aryl methyl sites for hydroxylation is 1. The molecule has 2 amide bonds. The van der Waals surface area contributed by atoms with E-state index in [4.69, 9.17) is 0 Å². The van der Waals surface area contributed by atoms with Crippen molar-refractivity contribution in [3.05, 3.63) is 83.2 Å². The molecule has 0 aliphatic heterocycles. The molecule has 0 saturated heterocycles. The summed E-state index contributed by atoms with van der Waals surface area (Å²) < 4.78 is 14.3. The van der Waals surface area contributed by atoms with Gasteiger partial charge in [-0.05, 0) is 54.0 Å². The van der Waals surface area contributed by atoms with Crippen molar-refractivity contribution < 1.29 is 14.0 Å². The molecular formula is C23H25FN2O2. The summed E-state index contributed by atoms with van der Waals surface area (Å²) in [6.45, 7) is 3.76. The Hall–Kier alpha value is -2.95. The third kappa shape index (κ3) is 5.06. The molecule has 2 aromatic rings. The lowest BCUT2D eigenvalue weighted by Crippen LogP contribution is -2.26. The minimum atomic E-state index is -0.395. The average Bonchev–Trinajstić information content (AvgIpc) is 2.71. The summed E-state index contributed by atoms with van der Waals surface area (Å²) in [6.07, 6.45) is 4.76. The van der Waals surface area contributed by atoms with Gasteiger partial charge in [0.1, 0.15) is 5.82 Å². The van der Waals surface area contributed by atoms with Crippen LogP contribution in [0.2, 0.25) is 0 Å². The Morgan fingerprint density at radius 3 is 2.75 bits per heavy atom. The van der Waals surface area contributed by atoms with Crippen molar-refractivity contribution in [2.75, 3.05) is 0 Å². The van der Waals surface area contributed by atoms with Gasteiger partial charge < -0.3 is 10.6 Å². The smallest absolute Gasteiger partial charge is 0.243 e. The van der Waals surface area contributed by atoms with Crippen molar-refractivity contribution in [2.45, 2.75) is 44.7 Å². The van der Waals surface area contributed by atoms with E-state index in [9.17, 15) is 14.0 Å². The molecule has 0 heterocycles. The summed E-state index contributed by atoms with van der Waals surface area (Å²) in [7, 11) is 0. The monoisotopic (exact) mass is 380 g/mol. The van der Waals surface area contributed by atoms with Crippen LogP contribution in [0.15, 0.2) is 55.1 Å². The van der Waals surface area contributed by atoms with Crippen molar-refractivity contribution in [3.8, 4) is 0 Å². The Labute approximate surface area is 164 Å². The normalized spacial score (nSPS) is 15.4. The molecule has 0 spiro atoms. The van der Waals surface area contributed by atoms with Crippen LogP contribution in [0, 0.1) is 5.82 Å². The summed E-state index contributed by atoms with van der Waals surface area (Å²) in [4.78, 5) is 23.6. The maximum atomic E-state index is 14.3. The topological polar surface area (TPSA) is 58.2 Å². The molecule has 2 aromatic carbocycles. The Balaban J connectivity index is 1.53. The van der Waals surface area contributed by atoms with Gasteiger partial charge in [-0.1, -0.05) is 43.0 Å². The van der Waals surface area contributed by atoms with Crippen molar-refractivity contribution in [1.29, 1.82) is 0 Å². The van der Waals surface area contributed by atoms with Crippen LogP contribution in [0.3, 0.4) is 0 Å². The molecule has 0 fully saturated rings. The predicted octanol–water partition coefficient (Wildman–Crippen LogP) is 3.75. The van der Waals surface area contributed by atoms with Crippen LogP contribution in [0.5, 0.6) is 0 Å². The van der Waals surface area contributed by atoms with Gasteiger partial charge in [0.2, 0.25) is 11.8 Å². The fourth-order valence-corrected chi connectivity index (χ4v) is 3.66. The molecule has 0 aromatic heterocycles. The average molecular weight is 380 g/mol. The zero-order chi connectivity index (χ0) is 19.9. The molecule has 4 nitrogen and oxygen atoms in total. The number of amides is 2. The predicted molar refractivity (Wildman–Crippen MR) is 107 cm³/mol. The first-order chi connectivity index (χ1) is 13.6. The van der Waals surface area contributed by atoms with Gasteiger partial charge in [-0.2, -0.15) is 0 Å². The maximum absolute atomic E-state index is 14.3. The minimum absolute atomic E-state index is 0.0663. The number of hydrogen-bond donors (Lipinski definition) is 2. The van der Waals surface area contributed by atoms with Gasteiger partial charge in [-0.3, -0.25) is 9.59 Å². The number of fused-ring (bicyclic) bond motifs is 1. The summed E-state index contributed by atoms with van der Waals surface area (Å²) in [5.41, 5.74) is 3.68. The Bertz CT molecular complexity index is 879. The van der Waals surface area contributed by atoms with Crippen molar-refractivity contribution in [2.24, 2.45) is 0 Å². The second kappa shape index (κ2) is 9.31. The van der Waals surface area contributed by atoms with Crippen LogP contribution in [-0.4, -0.2) is 11.8 Å². The molecule has 1 unspecified atom stereocenters. The van der Waals surface area contributed by atoms with Crippen LogP contribution < -0.4 is 10.6 Å². The van der Waals surface area contributed by atoms with E-state index in [0.717, 1.165) is 19.3 Å². The van der Waals surface area contributed by atoms with Gasteiger partial charge >= 0.3 is 0 Å². The minimum Gasteiger partial charge on any atom is -0.352 e. The lowest BCUT2D eigenvalue weighted by atomic mass is 9.81. The van der Waals surface area contributed by atoms with E-state index < -0.39 is 5.82 Å². The quantitative estimate of drug-likeness (QED) is 0.719. The van der Waals surface area contributed by atoms with E-state index >= 15 is 0 Å². The van der Waals surface area contributed by atoms with Gasteiger partial charge in [0.15, 0.2) is 0 Å². The van der Waals surface area contributed by atoms with Crippen LogP contribution in [0.1, 0.15) is 47.4 Å². The second-order valence-corrected chi connectivity index (χ2v) is 7.12. The molecule has 0 saturated carbocycles. The zero-order valence-electron chi connectivity index (χ0n) is 15.8. The number of carbonyl (C=O) groups excluding carboxylic acids is 2. The van der Waals surface area contributed by atoms with Crippen LogP contribution >= 0.6 is 0 Å². The first-order valence-electron chi connectivity index (χ1n) is 9.59. The molecule has 1 aliphatic carbocycles. The van der Waals surface area contributed by atoms with Gasteiger partial charge in [-0.25, -0.2) is 4.39 Å². The van der Waals surface area contributed by atoms with Crippen LogP contribution in [0.25, 0.3) is 0 Å². The fraction of sp³-hybridized carbons (Fsp3) is 0.304. The lowest BCUT2D eigenvalue weighted by Gasteiger charge is -2.25. The van der Waals surface area contributed by atoms with Crippen molar-refractivity contribution in [1.82, 2.24) is 10.6 Å². The summed E-state index contributed by atoms with van der Waals surface area (Å²) in [5.74, 6) is -0.538. The third-order valence-corrected chi connectivity index (χ3v) is 5.17. The number of carbonyl (C=O) groups is 2. The first-order valence-corrected chi connectivity index (χ1v) is 9.59. The molecule has 2 N–H and O–H groups in total. The van der Waals surface area contributed by atoms with E-state index in [1.807, 2.05) is 12.1 Å². The van der Waals surface area contributed by atoms with Gasteiger partial charge in [0.05, 0.1) is 0 Å². The second-order valence-electron chi connectivity index (χ2n) is 7.12. The van der Waals surface area contributed by atoms with E-state index in [1.54, 1.807) is 12.1 Å². The third-order valence-electron chi connectivity index (χ3n) is 5.17. The molecule has 0 radical (unpaired) electrons. The maximum Gasteiger partial charge on any atom is 0.243 e. The number of nitrogens with one attached hydrogen (secondary N) is 2.